The highest BCUT2D eigenvalue weighted by atomic mass is 32.2. The molecule has 1 unspecified atom stereocenters. The zero-order chi connectivity index (χ0) is 26.2. The number of aliphatic imine (C=N–C) groups is 2. The zero-order valence-corrected chi connectivity index (χ0v) is 23.4. The number of amidine groups is 1. The van der Waals surface area contributed by atoms with Gasteiger partial charge >= 0.3 is 0 Å². The summed E-state index contributed by atoms with van der Waals surface area (Å²) in [6.45, 7) is 12.7. The number of hydrogen-bond donors (Lipinski definition) is 1. The predicted molar refractivity (Wildman–Crippen MR) is 156 cm³/mol. The largest absolute Gasteiger partial charge is 0.490 e. The molecule has 3 heterocycles. The van der Waals surface area contributed by atoms with E-state index in [9.17, 15) is 0 Å². The highest BCUT2D eigenvalue weighted by molar-refractivity contribution is 8.17. The lowest BCUT2D eigenvalue weighted by Gasteiger charge is -2.25. The van der Waals surface area contributed by atoms with E-state index in [0.29, 0.717) is 6.54 Å². The Labute approximate surface area is 225 Å². The standard InChI is InChI=1S/C30H38N4O2S/c1-6-7-13-31-29(34-23(5)30-32-14-10-21(3)37-30)26-17-24(27-9-8-20(2)19-33-27)18-28(22(26)4)36-25-11-15-35-16-12-25/h7-10,13,17-19,23,25H,6,11-12,14-16H2,1-5H3,(H,31,34)/b13-7+. The summed E-state index contributed by atoms with van der Waals surface area (Å²) < 4.78 is 12.1. The molecule has 196 valence electrons. The van der Waals surface area contributed by atoms with E-state index < -0.39 is 0 Å². The Morgan fingerprint density at radius 1 is 1.24 bits per heavy atom. The average molecular weight is 519 g/mol. The minimum atomic E-state index is -0.0772. The van der Waals surface area contributed by atoms with Crippen molar-refractivity contribution in [1.82, 2.24) is 10.3 Å². The number of aromatic nitrogens is 1. The third-order valence-electron chi connectivity index (χ3n) is 6.43. The van der Waals surface area contributed by atoms with Gasteiger partial charge in [-0.25, -0.2) is 0 Å². The Kier molecular flexibility index (Phi) is 9.58. The summed E-state index contributed by atoms with van der Waals surface area (Å²) in [5.74, 6) is 1.67. The number of aryl methyl sites for hydroxylation is 1. The van der Waals surface area contributed by atoms with Gasteiger partial charge in [-0.1, -0.05) is 36.9 Å². The first-order chi connectivity index (χ1) is 17.9. The van der Waals surface area contributed by atoms with Crippen LogP contribution in [0.1, 0.15) is 56.7 Å². The second-order valence-electron chi connectivity index (χ2n) is 9.50. The summed E-state index contributed by atoms with van der Waals surface area (Å²) in [5, 5.41) is 4.51. The Balaban J connectivity index is 1.78. The topological polar surface area (TPSA) is 68.1 Å². The molecule has 7 heteroatoms. The molecular weight excluding hydrogens is 480 g/mol. The van der Waals surface area contributed by atoms with Crippen LogP contribution in [0.25, 0.3) is 11.3 Å². The zero-order valence-electron chi connectivity index (χ0n) is 22.6. The van der Waals surface area contributed by atoms with E-state index in [-0.39, 0.29) is 12.1 Å². The number of ether oxygens (including phenoxy) is 2. The van der Waals surface area contributed by atoms with E-state index in [0.717, 1.165) is 77.1 Å². The fourth-order valence-corrected chi connectivity index (χ4v) is 5.08. The van der Waals surface area contributed by atoms with Gasteiger partial charge in [-0.3, -0.25) is 15.0 Å². The Bertz CT molecular complexity index is 1190. The first kappa shape index (κ1) is 27.1. The summed E-state index contributed by atoms with van der Waals surface area (Å²) in [5.41, 5.74) is 5.11. The molecule has 1 atom stereocenters. The van der Waals surface area contributed by atoms with Crippen molar-refractivity contribution in [2.75, 3.05) is 19.8 Å². The molecule has 0 radical (unpaired) electrons. The van der Waals surface area contributed by atoms with E-state index in [1.165, 1.54) is 4.91 Å². The average Bonchev–Trinajstić information content (AvgIpc) is 2.90. The van der Waals surface area contributed by atoms with Crippen LogP contribution in [0, 0.1) is 13.8 Å². The molecule has 2 aromatic rings. The van der Waals surface area contributed by atoms with Crippen LogP contribution in [0.3, 0.4) is 0 Å². The van der Waals surface area contributed by atoms with Crippen molar-refractivity contribution in [2.45, 2.75) is 66.0 Å². The van der Waals surface area contributed by atoms with Crippen LogP contribution in [0.2, 0.25) is 0 Å². The van der Waals surface area contributed by atoms with Crippen molar-refractivity contribution in [3.05, 3.63) is 70.4 Å². The van der Waals surface area contributed by atoms with Crippen LogP contribution in [-0.2, 0) is 4.74 Å². The lowest BCUT2D eigenvalue weighted by molar-refractivity contribution is 0.0253. The van der Waals surface area contributed by atoms with E-state index in [1.54, 1.807) is 11.8 Å². The molecule has 0 saturated carbocycles. The summed E-state index contributed by atoms with van der Waals surface area (Å²) in [4.78, 5) is 15.8. The Morgan fingerprint density at radius 3 is 2.76 bits per heavy atom. The molecular formula is C30H38N4O2S. The molecule has 2 aliphatic rings. The van der Waals surface area contributed by atoms with E-state index >= 15 is 0 Å². The van der Waals surface area contributed by atoms with Gasteiger partial charge in [0.1, 0.15) is 17.7 Å². The van der Waals surface area contributed by atoms with Gasteiger partial charge in [-0.05, 0) is 69.0 Å². The quantitative estimate of drug-likeness (QED) is 0.314. The van der Waals surface area contributed by atoms with Crippen LogP contribution in [0.4, 0.5) is 0 Å². The molecule has 0 bridgehead atoms. The first-order valence-corrected chi connectivity index (χ1v) is 14.0. The van der Waals surface area contributed by atoms with Crippen molar-refractivity contribution in [3.63, 3.8) is 0 Å². The third-order valence-corrected chi connectivity index (χ3v) is 7.60. The number of rotatable bonds is 8. The maximum Gasteiger partial charge on any atom is 0.133 e. The van der Waals surface area contributed by atoms with Crippen LogP contribution < -0.4 is 10.1 Å². The van der Waals surface area contributed by atoms with Crippen molar-refractivity contribution >= 4 is 22.6 Å². The molecule has 1 N–H and O–H groups in total. The number of pyridine rings is 1. The number of thioether (sulfide) groups is 1. The fraction of sp³-hybridized carbons (Fsp3) is 0.433. The molecule has 1 saturated heterocycles. The number of nitrogens with zero attached hydrogens (tertiary/aromatic N) is 3. The van der Waals surface area contributed by atoms with Crippen molar-refractivity contribution < 1.29 is 9.47 Å². The van der Waals surface area contributed by atoms with Gasteiger partial charge < -0.3 is 14.8 Å². The van der Waals surface area contributed by atoms with Crippen LogP contribution in [-0.4, -0.2) is 47.8 Å². The molecule has 37 heavy (non-hydrogen) atoms. The molecule has 1 aromatic carbocycles. The predicted octanol–water partition coefficient (Wildman–Crippen LogP) is 6.62. The van der Waals surface area contributed by atoms with Gasteiger partial charge in [0.2, 0.25) is 0 Å². The van der Waals surface area contributed by atoms with Crippen molar-refractivity contribution in [1.29, 1.82) is 0 Å². The SMILES string of the molecule is CC/C=C/NC(=NC(C)C1=NCC=C(C)S1)c1cc(-c2ccc(C)cn2)cc(OC2CCOCC2)c1C. The first-order valence-electron chi connectivity index (χ1n) is 13.1. The normalized spacial score (nSPS) is 17.9. The minimum absolute atomic E-state index is 0.0772. The Hall–Kier alpha value is -2.90. The summed E-state index contributed by atoms with van der Waals surface area (Å²) >= 11 is 1.70. The van der Waals surface area contributed by atoms with Gasteiger partial charge in [-0.2, -0.15) is 0 Å². The fourth-order valence-electron chi connectivity index (χ4n) is 4.23. The molecule has 2 aliphatic heterocycles. The second kappa shape index (κ2) is 13.1. The van der Waals surface area contributed by atoms with Gasteiger partial charge in [0.25, 0.3) is 0 Å². The Morgan fingerprint density at radius 2 is 2.05 bits per heavy atom. The van der Waals surface area contributed by atoms with Crippen LogP contribution in [0.5, 0.6) is 5.75 Å². The van der Waals surface area contributed by atoms with Gasteiger partial charge in [-0.15, -0.1) is 0 Å². The van der Waals surface area contributed by atoms with Crippen molar-refractivity contribution in [2.24, 2.45) is 9.98 Å². The monoisotopic (exact) mass is 518 g/mol. The lowest BCUT2D eigenvalue weighted by Crippen LogP contribution is -2.27. The van der Waals surface area contributed by atoms with E-state index in [4.69, 9.17) is 24.4 Å². The highest BCUT2D eigenvalue weighted by Gasteiger charge is 2.21. The van der Waals surface area contributed by atoms with E-state index in [2.05, 4.69) is 76.4 Å². The van der Waals surface area contributed by atoms with E-state index in [1.807, 2.05) is 12.4 Å². The molecule has 1 aromatic heterocycles. The highest BCUT2D eigenvalue weighted by Crippen LogP contribution is 2.32. The van der Waals surface area contributed by atoms with Gasteiger partial charge in [0.05, 0.1) is 36.5 Å². The van der Waals surface area contributed by atoms with Crippen molar-refractivity contribution in [3.8, 4) is 17.0 Å². The minimum Gasteiger partial charge on any atom is -0.490 e. The molecule has 4 rings (SSSR count). The summed E-state index contributed by atoms with van der Waals surface area (Å²) in [7, 11) is 0. The van der Waals surface area contributed by atoms with Gasteiger partial charge in [0.15, 0.2) is 0 Å². The number of hydrogen-bond acceptors (Lipinski definition) is 6. The molecule has 0 amide bonds. The summed E-state index contributed by atoms with van der Waals surface area (Å²) in [6.07, 6.45) is 11.0. The van der Waals surface area contributed by atoms with Gasteiger partial charge in [0, 0.05) is 35.7 Å². The molecule has 0 spiro atoms. The van der Waals surface area contributed by atoms with Crippen LogP contribution in [0.15, 0.2) is 63.7 Å². The summed E-state index contributed by atoms with van der Waals surface area (Å²) in [6, 6.07) is 8.36. The molecule has 6 nitrogen and oxygen atoms in total. The lowest BCUT2D eigenvalue weighted by atomic mass is 9.99. The maximum atomic E-state index is 6.58. The number of allylic oxidation sites excluding steroid dienone is 2. The molecule has 1 fully saturated rings. The smallest absolute Gasteiger partial charge is 0.133 e. The number of benzene rings is 1. The number of nitrogens with one attached hydrogen (secondary N) is 1. The maximum absolute atomic E-state index is 6.58. The van der Waals surface area contributed by atoms with Crippen LogP contribution >= 0.6 is 11.8 Å². The molecule has 0 aliphatic carbocycles. The third kappa shape index (κ3) is 7.33. The second-order valence-corrected chi connectivity index (χ2v) is 10.8.